The van der Waals surface area contributed by atoms with E-state index in [1.807, 2.05) is 0 Å². The zero-order valence-corrected chi connectivity index (χ0v) is 17.8. The van der Waals surface area contributed by atoms with Gasteiger partial charge in [0.1, 0.15) is 5.75 Å². The summed E-state index contributed by atoms with van der Waals surface area (Å²) in [4.78, 5) is 7.45. The van der Waals surface area contributed by atoms with E-state index in [2.05, 4.69) is 22.3 Å². The molecule has 0 atom stereocenters. The van der Waals surface area contributed by atoms with E-state index in [9.17, 15) is 0 Å². The van der Waals surface area contributed by atoms with Crippen molar-refractivity contribution in [3.63, 3.8) is 0 Å². The maximum atomic E-state index is 5.99. The molecular formula is C23H33N3O3. The van der Waals surface area contributed by atoms with Crippen molar-refractivity contribution in [2.45, 2.75) is 38.7 Å². The Bertz CT molecular complexity index is 834. The minimum atomic E-state index is 0.554. The van der Waals surface area contributed by atoms with Crippen LogP contribution in [0.4, 0.5) is 5.69 Å². The van der Waals surface area contributed by atoms with E-state index in [0.717, 1.165) is 54.8 Å². The number of aromatic nitrogens is 1. The largest absolute Gasteiger partial charge is 0.496 e. The number of aryl methyl sites for hydroxylation is 1. The number of benzene rings is 1. The van der Waals surface area contributed by atoms with Crippen molar-refractivity contribution in [1.82, 2.24) is 9.88 Å². The molecule has 1 N–H and O–H groups in total. The summed E-state index contributed by atoms with van der Waals surface area (Å²) in [7, 11) is 3.46. The normalized spacial score (nSPS) is 16.5. The van der Waals surface area contributed by atoms with Gasteiger partial charge in [-0.15, -0.1) is 0 Å². The molecule has 0 amide bonds. The van der Waals surface area contributed by atoms with Gasteiger partial charge in [0.15, 0.2) is 0 Å². The lowest BCUT2D eigenvalue weighted by molar-refractivity contribution is 0.0979. The highest BCUT2D eigenvalue weighted by Gasteiger charge is 2.21. The van der Waals surface area contributed by atoms with Crippen LogP contribution in [0.3, 0.4) is 0 Å². The summed E-state index contributed by atoms with van der Waals surface area (Å²) < 4.78 is 16.9. The first-order valence-corrected chi connectivity index (χ1v) is 10.9. The molecule has 1 aromatic heterocycles. The van der Waals surface area contributed by atoms with Crippen LogP contribution in [0.2, 0.25) is 0 Å². The molecule has 1 aliphatic carbocycles. The van der Waals surface area contributed by atoms with Crippen LogP contribution in [0.1, 0.15) is 36.1 Å². The number of rotatable bonds is 10. The first-order valence-electron chi connectivity index (χ1n) is 10.9. The molecule has 29 heavy (non-hydrogen) atoms. The van der Waals surface area contributed by atoms with Gasteiger partial charge in [0.25, 0.3) is 0 Å². The number of hydrogen-bond donors (Lipinski definition) is 1. The van der Waals surface area contributed by atoms with Gasteiger partial charge in [-0.1, -0.05) is 0 Å². The van der Waals surface area contributed by atoms with E-state index in [1.54, 1.807) is 14.2 Å². The molecule has 0 bridgehead atoms. The number of methoxy groups -OCH3 is 2. The molecule has 2 heterocycles. The van der Waals surface area contributed by atoms with Crippen molar-refractivity contribution in [2.24, 2.45) is 0 Å². The predicted molar refractivity (Wildman–Crippen MR) is 116 cm³/mol. The average Bonchev–Trinajstić information content (AvgIpc) is 3.42. The van der Waals surface area contributed by atoms with E-state index < -0.39 is 0 Å². The van der Waals surface area contributed by atoms with Gasteiger partial charge >= 0.3 is 0 Å². The van der Waals surface area contributed by atoms with Gasteiger partial charge in [-0.3, -0.25) is 4.98 Å². The SMILES string of the molecule is COCCNc1c2c(nc3cc(COCCN4CCCC4)c(OC)cc13)CCC2. The quantitative estimate of drug-likeness (QED) is 0.618. The van der Waals surface area contributed by atoms with Gasteiger partial charge in [-0.25, -0.2) is 0 Å². The maximum absolute atomic E-state index is 5.99. The van der Waals surface area contributed by atoms with Crippen LogP contribution in [0.15, 0.2) is 12.1 Å². The minimum Gasteiger partial charge on any atom is -0.496 e. The summed E-state index contributed by atoms with van der Waals surface area (Å²) in [5.74, 6) is 0.869. The predicted octanol–water partition coefficient (Wildman–Crippen LogP) is 3.40. The molecule has 1 aliphatic heterocycles. The molecule has 0 radical (unpaired) electrons. The molecule has 2 aliphatic rings. The Hall–Kier alpha value is -1.89. The maximum Gasteiger partial charge on any atom is 0.125 e. The molecule has 0 spiro atoms. The van der Waals surface area contributed by atoms with Crippen LogP contribution >= 0.6 is 0 Å². The molecule has 0 unspecified atom stereocenters. The summed E-state index contributed by atoms with van der Waals surface area (Å²) in [6.07, 6.45) is 5.93. The van der Waals surface area contributed by atoms with Crippen LogP contribution in [0.5, 0.6) is 5.75 Å². The Morgan fingerprint density at radius 1 is 1.07 bits per heavy atom. The molecule has 0 saturated carbocycles. The van der Waals surface area contributed by atoms with Gasteiger partial charge in [0.2, 0.25) is 0 Å². The second-order valence-electron chi connectivity index (χ2n) is 7.97. The van der Waals surface area contributed by atoms with E-state index in [1.165, 1.54) is 49.3 Å². The number of likely N-dealkylation sites (tertiary alicyclic amines) is 1. The summed E-state index contributed by atoms with van der Waals surface area (Å²) >= 11 is 0. The van der Waals surface area contributed by atoms with Crippen molar-refractivity contribution in [2.75, 3.05) is 58.9 Å². The van der Waals surface area contributed by atoms with E-state index >= 15 is 0 Å². The Kier molecular flexibility index (Phi) is 6.85. The van der Waals surface area contributed by atoms with Crippen molar-refractivity contribution >= 4 is 16.6 Å². The van der Waals surface area contributed by atoms with E-state index in [-0.39, 0.29) is 0 Å². The molecule has 4 rings (SSSR count). The Balaban J connectivity index is 1.55. The number of hydrogen-bond acceptors (Lipinski definition) is 6. The Labute approximate surface area is 173 Å². The fourth-order valence-corrected chi connectivity index (χ4v) is 4.50. The Morgan fingerprint density at radius 2 is 1.93 bits per heavy atom. The number of fused-ring (bicyclic) bond motifs is 2. The van der Waals surface area contributed by atoms with Gasteiger partial charge in [0, 0.05) is 42.5 Å². The van der Waals surface area contributed by atoms with Crippen molar-refractivity contribution in [3.05, 3.63) is 29.0 Å². The zero-order valence-electron chi connectivity index (χ0n) is 17.8. The van der Waals surface area contributed by atoms with E-state index in [0.29, 0.717) is 13.2 Å². The Morgan fingerprint density at radius 3 is 2.72 bits per heavy atom. The van der Waals surface area contributed by atoms with E-state index in [4.69, 9.17) is 19.2 Å². The molecule has 6 nitrogen and oxygen atoms in total. The molecule has 158 valence electrons. The van der Waals surface area contributed by atoms with Crippen LogP contribution in [-0.2, 0) is 28.9 Å². The third-order valence-electron chi connectivity index (χ3n) is 6.03. The van der Waals surface area contributed by atoms with Crippen molar-refractivity contribution < 1.29 is 14.2 Å². The second-order valence-corrected chi connectivity index (χ2v) is 7.97. The van der Waals surface area contributed by atoms with Crippen LogP contribution < -0.4 is 10.1 Å². The molecule has 6 heteroatoms. The molecular weight excluding hydrogens is 366 g/mol. The van der Waals surface area contributed by atoms with Crippen LogP contribution in [0, 0.1) is 0 Å². The summed E-state index contributed by atoms with van der Waals surface area (Å²) in [6.45, 7) is 6.19. The third kappa shape index (κ3) is 4.65. The fourth-order valence-electron chi connectivity index (χ4n) is 4.50. The van der Waals surface area contributed by atoms with Gasteiger partial charge in [-0.05, 0) is 62.9 Å². The summed E-state index contributed by atoms with van der Waals surface area (Å²) in [5, 5.41) is 4.71. The smallest absolute Gasteiger partial charge is 0.125 e. The number of ether oxygens (including phenoxy) is 3. The lowest BCUT2D eigenvalue weighted by atomic mass is 10.0. The number of nitrogens with zero attached hydrogens (tertiary/aromatic N) is 2. The average molecular weight is 400 g/mol. The highest BCUT2D eigenvalue weighted by Crippen LogP contribution is 2.37. The molecule has 1 aromatic carbocycles. The highest BCUT2D eigenvalue weighted by molar-refractivity contribution is 5.95. The standard InChI is InChI=1S/C23H33N3O3/c1-27-12-8-24-23-18-6-5-7-20(18)25-21-14-17(22(28-2)15-19(21)23)16-29-13-11-26-9-3-4-10-26/h14-15H,3-13,16H2,1-2H3,(H,24,25). The lowest BCUT2D eigenvalue weighted by Gasteiger charge is -2.18. The van der Waals surface area contributed by atoms with Crippen LogP contribution in [0.25, 0.3) is 10.9 Å². The number of nitrogens with one attached hydrogen (secondary N) is 1. The van der Waals surface area contributed by atoms with Crippen molar-refractivity contribution in [3.8, 4) is 5.75 Å². The zero-order chi connectivity index (χ0) is 20.1. The number of pyridine rings is 1. The van der Waals surface area contributed by atoms with Gasteiger partial charge in [0.05, 0.1) is 32.4 Å². The molecule has 2 aromatic rings. The highest BCUT2D eigenvalue weighted by atomic mass is 16.5. The third-order valence-corrected chi connectivity index (χ3v) is 6.03. The van der Waals surface area contributed by atoms with Crippen molar-refractivity contribution in [1.29, 1.82) is 0 Å². The van der Waals surface area contributed by atoms with Crippen LogP contribution in [-0.4, -0.2) is 63.5 Å². The first kappa shape index (κ1) is 20.4. The molecule has 1 fully saturated rings. The first-order chi connectivity index (χ1) is 14.3. The fraction of sp³-hybridized carbons (Fsp3) is 0.609. The summed E-state index contributed by atoms with van der Waals surface area (Å²) in [5.41, 5.74) is 5.85. The lowest BCUT2D eigenvalue weighted by Crippen LogP contribution is -2.23. The summed E-state index contributed by atoms with van der Waals surface area (Å²) in [6, 6.07) is 4.26. The topological polar surface area (TPSA) is 55.8 Å². The minimum absolute atomic E-state index is 0.554. The molecule has 1 saturated heterocycles. The van der Waals surface area contributed by atoms with Gasteiger partial charge < -0.3 is 24.4 Å². The monoisotopic (exact) mass is 399 g/mol. The second kappa shape index (κ2) is 9.74. The van der Waals surface area contributed by atoms with Gasteiger partial charge in [-0.2, -0.15) is 0 Å². The number of anilines is 1.